The Balaban J connectivity index is 2.13. The first kappa shape index (κ1) is 17.2. The van der Waals surface area contributed by atoms with Gasteiger partial charge in [0.05, 0.1) is 31.8 Å². The van der Waals surface area contributed by atoms with Gasteiger partial charge in [-0.25, -0.2) is 0 Å². The Morgan fingerprint density at radius 3 is 2.60 bits per heavy atom. The highest BCUT2D eigenvalue weighted by atomic mass is 19.4. The first-order valence-electron chi connectivity index (χ1n) is 6.59. The van der Waals surface area contributed by atoms with E-state index in [0.717, 1.165) is 0 Å². The van der Waals surface area contributed by atoms with Gasteiger partial charge in [0.25, 0.3) is 0 Å². The van der Waals surface area contributed by atoms with Crippen LogP contribution in [0.4, 0.5) is 13.2 Å². The normalized spacial score (nSPS) is 23.6. The fraction of sp³-hybridized carbons (Fsp3) is 0.917. The fourth-order valence-corrected chi connectivity index (χ4v) is 1.97. The van der Waals surface area contributed by atoms with E-state index in [9.17, 15) is 18.0 Å². The third-order valence-corrected chi connectivity index (χ3v) is 3.17. The molecule has 1 amide bonds. The second-order valence-corrected chi connectivity index (χ2v) is 4.67. The maximum Gasteiger partial charge on any atom is 0.393 e. The van der Waals surface area contributed by atoms with E-state index < -0.39 is 18.1 Å². The molecule has 1 aliphatic rings. The molecule has 2 unspecified atom stereocenters. The Labute approximate surface area is 116 Å². The molecule has 0 spiro atoms. The quantitative estimate of drug-likeness (QED) is 0.679. The summed E-state index contributed by atoms with van der Waals surface area (Å²) in [5, 5.41) is 5.28. The summed E-state index contributed by atoms with van der Waals surface area (Å²) in [7, 11) is 1.56. The second-order valence-electron chi connectivity index (χ2n) is 4.67. The Morgan fingerprint density at radius 1 is 1.30 bits per heavy atom. The van der Waals surface area contributed by atoms with Crippen molar-refractivity contribution in [1.82, 2.24) is 10.6 Å². The number of alkyl halides is 3. The average molecular weight is 298 g/mol. The number of carbonyl (C=O) groups excluding carboxylic acids is 1. The first-order chi connectivity index (χ1) is 9.45. The number of methoxy groups -OCH3 is 1. The molecule has 0 aromatic heterocycles. The zero-order chi connectivity index (χ0) is 15.0. The summed E-state index contributed by atoms with van der Waals surface area (Å²) in [6.45, 7) is 1.42. The van der Waals surface area contributed by atoms with E-state index in [4.69, 9.17) is 9.47 Å². The molecule has 0 radical (unpaired) electrons. The summed E-state index contributed by atoms with van der Waals surface area (Å²) in [6, 6.07) is -0.549. The molecule has 0 aromatic carbocycles. The topological polar surface area (TPSA) is 59.6 Å². The number of ether oxygens (including phenoxy) is 2. The Hall–Kier alpha value is -0.860. The molecule has 8 heteroatoms. The minimum Gasteiger partial charge on any atom is -0.382 e. The van der Waals surface area contributed by atoms with Crippen LogP contribution in [0.3, 0.4) is 0 Å². The van der Waals surface area contributed by atoms with Crippen molar-refractivity contribution in [2.24, 2.45) is 5.92 Å². The molecule has 2 atom stereocenters. The standard InChI is InChI=1S/C12H21F3N2O3/c1-19-6-7-20-5-4-16-11(18)10-3-2-9(8-17-10)12(13,14)15/h9-10,17H,2-8H2,1H3,(H,16,18). The summed E-state index contributed by atoms with van der Waals surface area (Å²) in [5.41, 5.74) is 0. The van der Waals surface area contributed by atoms with Gasteiger partial charge in [-0.3, -0.25) is 4.79 Å². The highest BCUT2D eigenvalue weighted by Crippen LogP contribution is 2.31. The van der Waals surface area contributed by atoms with Crippen molar-refractivity contribution in [2.45, 2.75) is 25.1 Å². The lowest BCUT2D eigenvalue weighted by molar-refractivity contribution is -0.180. The summed E-state index contributed by atoms with van der Waals surface area (Å²) < 4.78 is 47.3. The summed E-state index contributed by atoms with van der Waals surface area (Å²) >= 11 is 0. The van der Waals surface area contributed by atoms with Crippen LogP contribution >= 0.6 is 0 Å². The maximum absolute atomic E-state index is 12.5. The number of amides is 1. The molecule has 0 aromatic rings. The van der Waals surface area contributed by atoms with E-state index >= 15 is 0 Å². The van der Waals surface area contributed by atoms with Gasteiger partial charge in [-0.15, -0.1) is 0 Å². The van der Waals surface area contributed by atoms with Gasteiger partial charge in [0, 0.05) is 20.2 Å². The van der Waals surface area contributed by atoms with E-state index in [1.165, 1.54) is 0 Å². The number of piperidine rings is 1. The van der Waals surface area contributed by atoms with E-state index in [1.807, 2.05) is 0 Å². The van der Waals surface area contributed by atoms with E-state index in [-0.39, 0.29) is 25.3 Å². The van der Waals surface area contributed by atoms with E-state index in [0.29, 0.717) is 26.4 Å². The number of carbonyl (C=O) groups is 1. The number of nitrogens with one attached hydrogen (secondary N) is 2. The largest absolute Gasteiger partial charge is 0.393 e. The van der Waals surface area contributed by atoms with Gasteiger partial charge in [-0.05, 0) is 12.8 Å². The minimum absolute atomic E-state index is 0.0150. The Morgan fingerprint density at radius 2 is 2.05 bits per heavy atom. The van der Waals surface area contributed by atoms with Gasteiger partial charge in [0.2, 0.25) is 5.91 Å². The highest BCUT2D eigenvalue weighted by molar-refractivity contribution is 5.81. The third kappa shape index (κ3) is 6.06. The maximum atomic E-state index is 12.5. The molecule has 118 valence electrons. The minimum atomic E-state index is -4.19. The third-order valence-electron chi connectivity index (χ3n) is 3.17. The van der Waals surface area contributed by atoms with Gasteiger partial charge >= 0.3 is 6.18 Å². The molecule has 1 rings (SSSR count). The molecule has 1 heterocycles. The van der Waals surface area contributed by atoms with Crippen molar-refractivity contribution in [2.75, 3.05) is 40.0 Å². The van der Waals surface area contributed by atoms with E-state index in [1.54, 1.807) is 7.11 Å². The molecule has 1 saturated heterocycles. The van der Waals surface area contributed by atoms with Crippen molar-refractivity contribution < 1.29 is 27.4 Å². The smallest absolute Gasteiger partial charge is 0.382 e. The molecule has 0 aliphatic carbocycles. The van der Waals surface area contributed by atoms with Gasteiger partial charge in [0.1, 0.15) is 0 Å². The van der Waals surface area contributed by atoms with Crippen molar-refractivity contribution in [3.05, 3.63) is 0 Å². The molecule has 5 nitrogen and oxygen atoms in total. The van der Waals surface area contributed by atoms with Gasteiger partial charge in [-0.1, -0.05) is 0 Å². The number of hydrogen-bond donors (Lipinski definition) is 2. The van der Waals surface area contributed by atoms with Gasteiger partial charge in [-0.2, -0.15) is 13.2 Å². The zero-order valence-corrected chi connectivity index (χ0v) is 11.5. The van der Waals surface area contributed by atoms with Crippen LogP contribution in [0.1, 0.15) is 12.8 Å². The van der Waals surface area contributed by atoms with E-state index in [2.05, 4.69) is 10.6 Å². The Kier molecular flexibility index (Phi) is 7.25. The van der Waals surface area contributed by atoms with Gasteiger partial charge < -0.3 is 20.1 Å². The van der Waals surface area contributed by atoms with Crippen molar-refractivity contribution in [1.29, 1.82) is 0 Å². The SMILES string of the molecule is COCCOCCNC(=O)C1CCC(C(F)(F)F)CN1. The van der Waals surface area contributed by atoms with Crippen LogP contribution in [0, 0.1) is 5.92 Å². The van der Waals surface area contributed by atoms with Crippen LogP contribution in [0.25, 0.3) is 0 Å². The van der Waals surface area contributed by atoms with Crippen molar-refractivity contribution in [3.8, 4) is 0 Å². The van der Waals surface area contributed by atoms with Crippen LogP contribution < -0.4 is 10.6 Å². The molecule has 0 bridgehead atoms. The van der Waals surface area contributed by atoms with Crippen LogP contribution in [0.15, 0.2) is 0 Å². The molecule has 1 aliphatic heterocycles. The van der Waals surface area contributed by atoms with Gasteiger partial charge in [0.15, 0.2) is 0 Å². The molecular weight excluding hydrogens is 277 g/mol. The van der Waals surface area contributed by atoms with Crippen LogP contribution in [-0.4, -0.2) is 58.1 Å². The summed E-state index contributed by atoms with van der Waals surface area (Å²) in [4.78, 5) is 11.7. The van der Waals surface area contributed by atoms with Crippen molar-refractivity contribution in [3.63, 3.8) is 0 Å². The molecule has 1 fully saturated rings. The van der Waals surface area contributed by atoms with Crippen LogP contribution in [0.5, 0.6) is 0 Å². The predicted molar refractivity (Wildman–Crippen MR) is 66.3 cm³/mol. The second kappa shape index (κ2) is 8.43. The Bertz CT molecular complexity index is 292. The van der Waals surface area contributed by atoms with Crippen molar-refractivity contribution >= 4 is 5.91 Å². The lowest BCUT2D eigenvalue weighted by atomic mass is 9.94. The predicted octanol–water partition coefficient (Wildman–Crippen LogP) is 0.696. The monoisotopic (exact) mass is 298 g/mol. The zero-order valence-electron chi connectivity index (χ0n) is 11.5. The number of hydrogen-bond acceptors (Lipinski definition) is 4. The molecule has 20 heavy (non-hydrogen) atoms. The fourth-order valence-electron chi connectivity index (χ4n) is 1.97. The number of rotatable bonds is 7. The molecular formula is C12H21F3N2O3. The molecule has 0 saturated carbocycles. The lowest BCUT2D eigenvalue weighted by Gasteiger charge is -2.30. The average Bonchev–Trinajstić information content (AvgIpc) is 2.41. The number of halogens is 3. The lowest BCUT2D eigenvalue weighted by Crippen LogP contribution is -2.51. The summed E-state index contributed by atoms with van der Waals surface area (Å²) in [5.74, 6) is -1.63. The summed E-state index contributed by atoms with van der Waals surface area (Å²) in [6.07, 6.45) is -4.01. The van der Waals surface area contributed by atoms with Crippen LogP contribution in [0.2, 0.25) is 0 Å². The first-order valence-corrected chi connectivity index (χ1v) is 6.59. The highest BCUT2D eigenvalue weighted by Gasteiger charge is 2.42. The van der Waals surface area contributed by atoms with Crippen LogP contribution in [-0.2, 0) is 14.3 Å². The molecule has 2 N–H and O–H groups in total.